The second-order valence-corrected chi connectivity index (χ2v) is 10.2. The van der Waals surface area contributed by atoms with Crippen LogP contribution < -0.4 is 16.1 Å². The van der Waals surface area contributed by atoms with Crippen LogP contribution in [-0.2, 0) is 15.9 Å². The molecule has 5 nitrogen and oxygen atoms in total. The number of fused-ring (bicyclic) bond motifs is 1. The van der Waals surface area contributed by atoms with Crippen LogP contribution in [0, 0.1) is 0 Å². The predicted octanol–water partition coefficient (Wildman–Crippen LogP) is 2.83. The minimum Gasteiger partial charge on any atom is -0.399 e. The first-order chi connectivity index (χ1) is 15.3. The van der Waals surface area contributed by atoms with E-state index < -0.39 is 0 Å². The topological polar surface area (TPSA) is 45.8 Å². The van der Waals surface area contributed by atoms with E-state index in [1.807, 2.05) is 0 Å². The van der Waals surface area contributed by atoms with Crippen LogP contribution in [0.25, 0.3) is 0 Å². The molecule has 31 heavy (non-hydrogen) atoms. The molecule has 0 atom stereocenters. The van der Waals surface area contributed by atoms with Gasteiger partial charge in [-0.2, -0.15) is 0 Å². The lowest BCUT2D eigenvalue weighted by Gasteiger charge is -2.48. The number of nitrogens with one attached hydrogen (secondary N) is 2. The molecule has 4 fully saturated rings. The van der Waals surface area contributed by atoms with E-state index in [9.17, 15) is 0 Å². The molecule has 5 rings (SSSR count). The van der Waals surface area contributed by atoms with Crippen LogP contribution in [-0.4, -0.2) is 62.5 Å². The Kier molecular flexibility index (Phi) is 7.01. The number of hydrogen-bond donors (Lipinski definition) is 2. The number of nitrogens with zero attached hydrogens (tertiary/aromatic N) is 1. The third kappa shape index (κ3) is 4.74. The standard InChI is InChI=1S/C25H40BN3O2/c1-3-11-24(12-4-1)25(13-5-2-6-14-25)31-26(30-24)23-9-7-22(8-10-23)21-29-19-17-27-15-16-28-18-20-29/h7-10,27-28H,1-6,11-21H2/i26-1. The van der Waals surface area contributed by atoms with Crippen molar-refractivity contribution >= 4 is 12.6 Å². The Morgan fingerprint density at radius 2 is 1.23 bits per heavy atom. The Labute approximate surface area is 188 Å². The van der Waals surface area contributed by atoms with Gasteiger partial charge in [0.15, 0.2) is 0 Å². The predicted molar refractivity (Wildman–Crippen MR) is 127 cm³/mol. The summed E-state index contributed by atoms with van der Waals surface area (Å²) in [4.78, 5) is 2.54. The highest BCUT2D eigenvalue weighted by Gasteiger charge is 2.61. The minimum absolute atomic E-state index is 0.0436. The Balaban J connectivity index is 1.27. The van der Waals surface area contributed by atoms with Crippen LogP contribution in [0.1, 0.15) is 69.8 Å². The van der Waals surface area contributed by atoms with Gasteiger partial charge in [0.05, 0.1) is 11.2 Å². The summed E-state index contributed by atoms with van der Waals surface area (Å²) < 4.78 is 13.7. The second kappa shape index (κ2) is 9.92. The Hall–Kier alpha value is -0.915. The molecule has 0 radical (unpaired) electrons. The van der Waals surface area contributed by atoms with Crippen molar-refractivity contribution in [2.24, 2.45) is 0 Å². The maximum atomic E-state index is 6.85. The Morgan fingerprint density at radius 3 is 1.74 bits per heavy atom. The van der Waals surface area contributed by atoms with Crippen molar-refractivity contribution in [3.8, 4) is 0 Å². The zero-order chi connectivity index (χ0) is 21.0. The third-order valence-electron chi connectivity index (χ3n) is 8.16. The highest BCUT2D eigenvalue weighted by Crippen LogP contribution is 2.53. The minimum atomic E-state index is -0.191. The molecule has 2 spiro atoms. The van der Waals surface area contributed by atoms with Gasteiger partial charge >= 0.3 is 7.12 Å². The van der Waals surface area contributed by atoms with Gasteiger partial charge in [0, 0.05) is 45.8 Å². The summed E-state index contributed by atoms with van der Waals surface area (Å²) in [5, 5.41) is 7.02. The summed E-state index contributed by atoms with van der Waals surface area (Å²) in [5.41, 5.74) is 2.49. The summed E-state index contributed by atoms with van der Waals surface area (Å²) in [5.74, 6) is 0. The second-order valence-electron chi connectivity index (χ2n) is 10.2. The highest BCUT2D eigenvalue weighted by molar-refractivity contribution is 6.62. The summed E-state index contributed by atoms with van der Waals surface area (Å²) >= 11 is 0. The molecule has 0 aromatic heterocycles. The van der Waals surface area contributed by atoms with Gasteiger partial charge in [0.2, 0.25) is 0 Å². The van der Waals surface area contributed by atoms with Crippen LogP contribution in [0.2, 0.25) is 0 Å². The van der Waals surface area contributed by atoms with Crippen LogP contribution in [0.5, 0.6) is 0 Å². The Bertz CT molecular complexity index is 665. The monoisotopic (exact) mass is 424 g/mol. The largest absolute Gasteiger partial charge is 0.494 e. The molecule has 2 heterocycles. The molecular formula is C25H40BN3O2. The van der Waals surface area contributed by atoms with E-state index in [0.717, 1.165) is 45.8 Å². The van der Waals surface area contributed by atoms with Gasteiger partial charge in [-0.1, -0.05) is 62.8 Å². The van der Waals surface area contributed by atoms with Gasteiger partial charge in [-0.15, -0.1) is 0 Å². The van der Waals surface area contributed by atoms with E-state index in [-0.39, 0.29) is 18.3 Å². The molecule has 1 aromatic rings. The van der Waals surface area contributed by atoms with Gasteiger partial charge in [0.1, 0.15) is 0 Å². The zero-order valence-electron chi connectivity index (χ0n) is 19.2. The van der Waals surface area contributed by atoms with Crippen molar-refractivity contribution in [1.29, 1.82) is 0 Å². The van der Waals surface area contributed by atoms with Gasteiger partial charge in [0.25, 0.3) is 0 Å². The fourth-order valence-corrected chi connectivity index (χ4v) is 6.39. The molecule has 2 saturated heterocycles. The van der Waals surface area contributed by atoms with E-state index >= 15 is 0 Å². The number of hydrogen-bond acceptors (Lipinski definition) is 5. The average molecular weight is 425 g/mol. The smallest absolute Gasteiger partial charge is 0.399 e. The van der Waals surface area contributed by atoms with E-state index in [4.69, 9.17) is 9.31 Å². The fourth-order valence-electron chi connectivity index (χ4n) is 6.39. The molecule has 2 saturated carbocycles. The van der Waals surface area contributed by atoms with Gasteiger partial charge in [-0.25, -0.2) is 0 Å². The van der Waals surface area contributed by atoms with E-state index in [1.54, 1.807) is 0 Å². The summed E-state index contributed by atoms with van der Waals surface area (Å²) in [7, 11) is -0.191. The van der Waals surface area contributed by atoms with E-state index in [0.29, 0.717) is 0 Å². The lowest BCUT2D eigenvalue weighted by Crippen LogP contribution is -2.53. The van der Waals surface area contributed by atoms with Gasteiger partial charge in [-0.05, 0) is 36.7 Å². The average Bonchev–Trinajstić information content (AvgIpc) is 3.15. The molecule has 2 aliphatic carbocycles. The van der Waals surface area contributed by atoms with E-state index in [1.165, 1.54) is 75.2 Å². The molecule has 4 aliphatic rings. The van der Waals surface area contributed by atoms with Crippen molar-refractivity contribution in [3.63, 3.8) is 0 Å². The van der Waals surface area contributed by atoms with Crippen LogP contribution in [0.3, 0.4) is 0 Å². The lowest BCUT2D eigenvalue weighted by atomic mass is 9.25. The Morgan fingerprint density at radius 1 is 0.710 bits per heavy atom. The molecule has 170 valence electrons. The van der Waals surface area contributed by atoms with Crippen molar-refractivity contribution in [1.82, 2.24) is 15.5 Å². The first-order valence-corrected chi connectivity index (χ1v) is 12.9. The van der Waals surface area contributed by atoms with Crippen molar-refractivity contribution < 1.29 is 9.31 Å². The van der Waals surface area contributed by atoms with Gasteiger partial charge in [-0.3, -0.25) is 4.90 Å². The molecule has 2 aliphatic heterocycles. The maximum absolute atomic E-state index is 6.85. The van der Waals surface area contributed by atoms with Crippen LogP contribution >= 0.6 is 0 Å². The molecular weight excluding hydrogens is 384 g/mol. The maximum Gasteiger partial charge on any atom is 0.494 e. The summed E-state index contributed by atoms with van der Waals surface area (Å²) in [6, 6.07) is 9.08. The third-order valence-corrected chi connectivity index (χ3v) is 8.16. The summed E-state index contributed by atoms with van der Waals surface area (Å²) in [6.45, 7) is 7.46. The molecule has 0 bridgehead atoms. The van der Waals surface area contributed by atoms with Crippen molar-refractivity contribution in [2.45, 2.75) is 82.0 Å². The zero-order valence-corrected chi connectivity index (χ0v) is 19.2. The summed E-state index contributed by atoms with van der Waals surface area (Å²) in [6.07, 6.45) is 12.6. The molecule has 0 unspecified atom stereocenters. The number of rotatable bonds is 3. The van der Waals surface area contributed by atoms with Crippen molar-refractivity contribution in [2.75, 3.05) is 39.3 Å². The quantitative estimate of drug-likeness (QED) is 0.731. The molecule has 1 aromatic carbocycles. The fraction of sp³-hybridized carbons (Fsp3) is 0.760. The SMILES string of the molecule is c1cc([10B]2OC3(CCCCC3)C3(CCCCC3)O2)ccc1CN1CCNCCNCC1. The number of benzene rings is 1. The van der Waals surface area contributed by atoms with E-state index in [2.05, 4.69) is 39.8 Å². The lowest BCUT2D eigenvalue weighted by molar-refractivity contribution is -0.0923. The first-order valence-electron chi connectivity index (χ1n) is 12.9. The normalized spacial score (nSPS) is 27.2. The van der Waals surface area contributed by atoms with Crippen molar-refractivity contribution in [3.05, 3.63) is 29.8 Å². The van der Waals surface area contributed by atoms with Crippen LogP contribution in [0.15, 0.2) is 24.3 Å². The molecule has 0 amide bonds. The first kappa shape index (κ1) is 21.9. The van der Waals surface area contributed by atoms with Gasteiger partial charge < -0.3 is 19.9 Å². The molecule has 6 heteroatoms. The molecule has 2 N–H and O–H groups in total. The highest BCUT2D eigenvalue weighted by atomic mass is 16.6. The van der Waals surface area contributed by atoms with Crippen LogP contribution in [0.4, 0.5) is 0 Å².